The zero-order valence-electron chi connectivity index (χ0n) is 10.9. The van der Waals surface area contributed by atoms with Crippen LogP contribution in [0.3, 0.4) is 0 Å². The Labute approximate surface area is 115 Å². The number of aromatic nitrogens is 3. The summed E-state index contributed by atoms with van der Waals surface area (Å²) in [6.45, 7) is 0.505. The Balaban J connectivity index is 2.06. The van der Waals surface area contributed by atoms with Crippen LogP contribution in [-0.2, 0) is 13.0 Å². The lowest BCUT2D eigenvalue weighted by Crippen LogP contribution is -2.18. The molecule has 3 rings (SSSR count). The van der Waals surface area contributed by atoms with E-state index >= 15 is 0 Å². The highest BCUT2D eigenvalue weighted by Gasteiger charge is 2.29. The van der Waals surface area contributed by atoms with Gasteiger partial charge in [0.2, 0.25) is 0 Å². The molecule has 0 fully saturated rings. The molecule has 0 atom stereocenters. The van der Waals surface area contributed by atoms with Gasteiger partial charge in [0.1, 0.15) is 0 Å². The lowest BCUT2D eigenvalue weighted by Gasteiger charge is -2.13. The van der Waals surface area contributed by atoms with Crippen molar-refractivity contribution in [3.05, 3.63) is 47.0 Å². The molecule has 0 radical (unpaired) electrons. The maximum atomic E-state index is 12.0. The van der Waals surface area contributed by atoms with Crippen LogP contribution in [0.2, 0.25) is 0 Å². The monoisotopic (exact) mass is 270 g/mol. The van der Waals surface area contributed by atoms with E-state index in [2.05, 4.69) is 10.1 Å². The zero-order valence-corrected chi connectivity index (χ0v) is 10.9. The Morgan fingerprint density at radius 3 is 2.75 bits per heavy atom. The molecule has 0 bridgehead atoms. The van der Waals surface area contributed by atoms with E-state index in [4.69, 9.17) is 5.73 Å². The highest BCUT2D eigenvalue weighted by molar-refractivity contribution is 6.07. The molecule has 2 heterocycles. The molecule has 102 valence electrons. The number of Topliss-reactive ketones (excluding diaryl/α,β-unsaturated/α-hetero) is 1. The summed E-state index contributed by atoms with van der Waals surface area (Å²) in [5.74, 6) is -0.689. The van der Waals surface area contributed by atoms with Gasteiger partial charge in [-0.05, 0) is 30.5 Å². The third kappa shape index (κ3) is 2.09. The normalized spacial score (nSPS) is 14.1. The van der Waals surface area contributed by atoms with E-state index < -0.39 is 5.91 Å². The van der Waals surface area contributed by atoms with Crippen LogP contribution in [0.25, 0.3) is 0 Å². The third-order valence-corrected chi connectivity index (χ3v) is 3.47. The molecule has 0 spiro atoms. The quantitative estimate of drug-likeness (QED) is 0.898. The average Bonchev–Trinajstić information content (AvgIpc) is 2.81. The second-order valence-electron chi connectivity index (χ2n) is 4.82. The number of nitrogens with zero attached hydrogens (tertiary/aromatic N) is 3. The minimum absolute atomic E-state index is 0.0407. The van der Waals surface area contributed by atoms with Crippen molar-refractivity contribution in [2.75, 3.05) is 0 Å². The van der Waals surface area contributed by atoms with Crippen molar-refractivity contribution in [1.82, 2.24) is 14.8 Å². The van der Waals surface area contributed by atoms with Crippen molar-refractivity contribution >= 4 is 11.7 Å². The van der Waals surface area contributed by atoms with E-state index in [9.17, 15) is 9.59 Å². The Kier molecular flexibility index (Phi) is 3.06. The van der Waals surface area contributed by atoms with Crippen molar-refractivity contribution < 1.29 is 9.59 Å². The third-order valence-electron chi connectivity index (χ3n) is 3.47. The van der Waals surface area contributed by atoms with Crippen LogP contribution in [-0.4, -0.2) is 26.5 Å². The zero-order chi connectivity index (χ0) is 14.1. The summed E-state index contributed by atoms with van der Waals surface area (Å²) in [6.07, 6.45) is 5.38. The van der Waals surface area contributed by atoms with Gasteiger partial charge in [-0.3, -0.25) is 19.3 Å². The molecule has 6 heteroatoms. The fourth-order valence-corrected chi connectivity index (χ4v) is 2.55. The van der Waals surface area contributed by atoms with Crippen molar-refractivity contribution in [3.8, 4) is 0 Å². The first-order chi connectivity index (χ1) is 9.66. The lowest BCUT2D eigenvalue weighted by atomic mass is 9.94. The number of ketones is 1. The van der Waals surface area contributed by atoms with Gasteiger partial charge in [0.15, 0.2) is 11.5 Å². The van der Waals surface area contributed by atoms with Gasteiger partial charge in [-0.1, -0.05) is 0 Å². The molecule has 6 nitrogen and oxygen atoms in total. The first-order valence-electron chi connectivity index (χ1n) is 6.48. The Hall–Kier alpha value is -2.50. The van der Waals surface area contributed by atoms with Gasteiger partial charge in [0, 0.05) is 18.8 Å². The fourth-order valence-electron chi connectivity index (χ4n) is 2.55. The Morgan fingerprint density at radius 2 is 2.05 bits per heavy atom. The van der Waals surface area contributed by atoms with Crippen LogP contribution in [0.5, 0.6) is 0 Å². The summed E-state index contributed by atoms with van der Waals surface area (Å²) in [5, 5.41) is 4.24. The second kappa shape index (κ2) is 4.88. The average molecular weight is 270 g/mol. The molecule has 0 saturated heterocycles. The molecule has 20 heavy (non-hydrogen) atoms. The van der Waals surface area contributed by atoms with Gasteiger partial charge in [0.05, 0.1) is 17.8 Å². The lowest BCUT2D eigenvalue weighted by molar-refractivity contribution is 0.0948. The van der Waals surface area contributed by atoms with Crippen molar-refractivity contribution in [2.45, 2.75) is 25.8 Å². The number of nitrogens with two attached hydrogens (primary N) is 1. The number of carbonyl (C=O) groups excluding carboxylic acids is 2. The fraction of sp³-hybridized carbons (Fsp3) is 0.286. The first kappa shape index (κ1) is 12.5. The Morgan fingerprint density at radius 1 is 1.30 bits per heavy atom. The van der Waals surface area contributed by atoms with Crippen LogP contribution < -0.4 is 5.73 Å². The maximum absolute atomic E-state index is 12.0. The van der Waals surface area contributed by atoms with Gasteiger partial charge < -0.3 is 5.73 Å². The minimum Gasteiger partial charge on any atom is -0.364 e. The number of hydrogen-bond acceptors (Lipinski definition) is 4. The summed E-state index contributed by atoms with van der Waals surface area (Å²) in [5.41, 5.74) is 7.67. The molecule has 0 unspecified atom stereocenters. The molecule has 2 aromatic heterocycles. The summed E-state index contributed by atoms with van der Waals surface area (Å²) in [7, 11) is 0. The molecule has 0 saturated carbocycles. The van der Waals surface area contributed by atoms with Gasteiger partial charge in [0.25, 0.3) is 5.91 Å². The molecule has 2 aromatic rings. The van der Waals surface area contributed by atoms with Crippen LogP contribution in [0.4, 0.5) is 0 Å². The standard InChI is InChI=1S/C14H14N4O2/c15-14(20)13-12-10(2-1-3-11(12)19)18(17-13)8-9-4-6-16-7-5-9/h4-7H,1-3,8H2,(H2,15,20). The number of primary amides is 1. The van der Waals surface area contributed by atoms with Gasteiger partial charge in [-0.2, -0.15) is 5.10 Å². The highest BCUT2D eigenvalue weighted by atomic mass is 16.1. The largest absolute Gasteiger partial charge is 0.364 e. The summed E-state index contributed by atoms with van der Waals surface area (Å²) in [6, 6.07) is 3.76. The van der Waals surface area contributed by atoms with Crippen molar-refractivity contribution in [2.24, 2.45) is 5.73 Å². The number of amides is 1. The molecule has 0 aliphatic heterocycles. The van der Waals surface area contributed by atoms with Gasteiger partial charge in [-0.15, -0.1) is 0 Å². The van der Waals surface area contributed by atoms with E-state index in [1.54, 1.807) is 17.1 Å². The van der Waals surface area contributed by atoms with E-state index in [1.807, 2.05) is 12.1 Å². The minimum atomic E-state index is -0.648. The topological polar surface area (TPSA) is 90.9 Å². The molecular weight excluding hydrogens is 256 g/mol. The van der Waals surface area contributed by atoms with E-state index in [1.165, 1.54) is 0 Å². The van der Waals surface area contributed by atoms with Crippen LogP contribution in [0.15, 0.2) is 24.5 Å². The molecule has 1 aliphatic rings. The van der Waals surface area contributed by atoms with E-state index in [0.717, 1.165) is 24.1 Å². The summed E-state index contributed by atoms with van der Waals surface area (Å²) >= 11 is 0. The SMILES string of the molecule is NC(=O)c1nn(Cc2ccncc2)c2c1C(=O)CCC2. The predicted molar refractivity (Wildman–Crippen MR) is 71.4 cm³/mol. The van der Waals surface area contributed by atoms with E-state index in [0.29, 0.717) is 18.5 Å². The molecule has 2 N–H and O–H groups in total. The van der Waals surface area contributed by atoms with Crippen LogP contribution >= 0.6 is 0 Å². The van der Waals surface area contributed by atoms with Crippen LogP contribution in [0.1, 0.15) is 44.9 Å². The number of carbonyl (C=O) groups is 2. The first-order valence-corrected chi connectivity index (χ1v) is 6.48. The van der Waals surface area contributed by atoms with Crippen molar-refractivity contribution in [3.63, 3.8) is 0 Å². The maximum Gasteiger partial charge on any atom is 0.269 e. The summed E-state index contributed by atoms with van der Waals surface area (Å²) < 4.78 is 1.71. The smallest absolute Gasteiger partial charge is 0.269 e. The number of pyridine rings is 1. The van der Waals surface area contributed by atoms with E-state index in [-0.39, 0.29) is 11.5 Å². The number of hydrogen-bond donors (Lipinski definition) is 1. The van der Waals surface area contributed by atoms with Gasteiger partial charge in [-0.25, -0.2) is 0 Å². The van der Waals surface area contributed by atoms with Crippen LogP contribution in [0, 0.1) is 0 Å². The summed E-state index contributed by atoms with van der Waals surface area (Å²) in [4.78, 5) is 27.4. The molecule has 1 aliphatic carbocycles. The predicted octanol–water partition coefficient (Wildman–Crippen LogP) is 0.944. The number of fused-ring (bicyclic) bond motifs is 1. The van der Waals surface area contributed by atoms with Crippen molar-refractivity contribution in [1.29, 1.82) is 0 Å². The molecule has 0 aromatic carbocycles. The molecular formula is C14H14N4O2. The second-order valence-corrected chi connectivity index (χ2v) is 4.82. The highest BCUT2D eigenvalue weighted by Crippen LogP contribution is 2.25. The van der Waals surface area contributed by atoms with Gasteiger partial charge >= 0.3 is 0 Å². The number of rotatable bonds is 3. The Bertz CT molecular complexity index is 676. The molecule has 1 amide bonds.